The van der Waals surface area contributed by atoms with Crippen LogP contribution in [0.5, 0.6) is 0 Å². The van der Waals surface area contributed by atoms with Crippen LogP contribution in [0, 0.1) is 0 Å². The Balaban J connectivity index is 1.51. The number of fused-ring (bicyclic) bond motifs is 1. The van der Waals surface area contributed by atoms with Crippen molar-refractivity contribution < 1.29 is 4.79 Å². The second-order valence-corrected chi connectivity index (χ2v) is 8.68. The quantitative estimate of drug-likeness (QED) is 0.741. The van der Waals surface area contributed by atoms with Crippen molar-refractivity contribution in [3.05, 3.63) is 59.4 Å². The Morgan fingerprint density at radius 2 is 1.93 bits per heavy atom. The summed E-state index contributed by atoms with van der Waals surface area (Å²) in [5, 5.41) is 5.36. The van der Waals surface area contributed by atoms with E-state index in [0.717, 1.165) is 29.6 Å². The van der Waals surface area contributed by atoms with Crippen LogP contribution in [0.25, 0.3) is 11.0 Å². The van der Waals surface area contributed by atoms with Gasteiger partial charge in [0.2, 0.25) is 0 Å². The molecule has 1 saturated carbocycles. The molecule has 1 aliphatic heterocycles. The summed E-state index contributed by atoms with van der Waals surface area (Å²) in [6.45, 7) is 5.39. The van der Waals surface area contributed by atoms with E-state index in [1.807, 2.05) is 33.8 Å². The van der Waals surface area contributed by atoms with Crippen molar-refractivity contribution in [2.45, 2.75) is 50.6 Å². The second kappa shape index (κ2) is 6.95. The van der Waals surface area contributed by atoms with Crippen LogP contribution in [0.2, 0.25) is 0 Å². The van der Waals surface area contributed by atoms with Gasteiger partial charge in [-0.1, -0.05) is 30.3 Å². The molecule has 0 radical (unpaired) electrons. The van der Waals surface area contributed by atoms with Gasteiger partial charge in [-0.3, -0.25) is 4.79 Å². The Morgan fingerprint density at radius 3 is 2.62 bits per heavy atom. The summed E-state index contributed by atoms with van der Waals surface area (Å²) in [5.41, 5.74) is 10.2. The molecule has 0 spiro atoms. The summed E-state index contributed by atoms with van der Waals surface area (Å²) in [5.74, 6) is 0.676. The number of hydrogen-bond acceptors (Lipinski definition) is 4. The highest BCUT2D eigenvalue weighted by Crippen LogP contribution is 2.40. The molecule has 1 saturated heterocycles. The number of carbonyl (C=O) groups is 1. The molecular weight excluding hydrogens is 362 g/mol. The van der Waals surface area contributed by atoms with E-state index in [1.165, 1.54) is 5.56 Å². The van der Waals surface area contributed by atoms with Crippen LogP contribution in [-0.2, 0) is 0 Å². The molecule has 5 rings (SSSR count). The number of pyridine rings is 1. The van der Waals surface area contributed by atoms with Crippen molar-refractivity contribution in [1.82, 2.24) is 19.7 Å². The van der Waals surface area contributed by atoms with E-state index in [-0.39, 0.29) is 23.9 Å². The maximum absolute atomic E-state index is 13.6. The maximum Gasteiger partial charge on any atom is 0.254 e. The van der Waals surface area contributed by atoms with Gasteiger partial charge in [0, 0.05) is 42.7 Å². The highest BCUT2D eigenvalue weighted by atomic mass is 16.2. The smallest absolute Gasteiger partial charge is 0.254 e. The van der Waals surface area contributed by atoms with E-state index in [0.29, 0.717) is 24.6 Å². The molecule has 2 aromatic heterocycles. The zero-order valence-electron chi connectivity index (χ0n) is 17.0. The van der Waals surface area contributed by atoms with Crippen molar-refractivity contribution in [2.24, 2.45) is 5.73 Å². The van der Waals surface area contributed by atoms with Gasteiger partial charge in [-0.25, -0.2) is 9.67 Å². The molecule has 0 bridgehead atoms. The van der Waals surface area contributed by atoms with Gasteiger partial charge in [0.15, 0.2) is 5.65 Å². The van der Waals surface area contributed by atoms with Crippen molar-refractivity contribution in [2.75, 3.05) is 13.1 Å². The third-order valence-corrected chi connectivity index (χ3v) is 6.18. The van der Waals surface area contributed by atoms with Crippen molar-refractivity contribution in [3.63, 3.8) is 0 Å². The first-order valence-corrected chi connectivity index (χ1v) is 10.5. The number of nitrogens with two attached hydrogens (primary N) is 1. The van der Waals surface area contributed by atoms with Gasteiger partial charge in [0.05, 0.1) is 17.1 Å². The molecule has 6 heteroatoms. The van der Waals surface area contributed by atoms with Crippen LogP contribution < -0.4 is 5.73 Å². The Kier molecular flexibility index (Phi) is 4.39. The first-order valence-electron chi connectivity index (χ1n) is 10.5. The molecule has 3 aromatic rings. The minimum absolute atomic E-state index is 0.0384. The van der Waals surface area contributed by atoms with Gasteiger partial charge in [0.1, 0.15) is 0 Å². The van der Waals surface area contributed by atoms with E-state index in [1.54, 1.807) is 6.20 Å². The molecule has 2 aliphatic rings. The Morgan fingerprint density at radius 1 is 1.17 bits per heavy atom. The number of carbonyl (C=O) groups excluding carboxylic acids is 1. The van der Waals surface area contributed by atoms with Gasteiger partial charge >= 0.3 is 0 Å². The highest BCUT2D eigenvalue weighted by Gasteiger charge is 2.36. The molecule has 3 heterocycles. The largest absolute Gasteiger partial charge is 0.336 e. The number of rotatable bonds is 4. The Labute approximate surface area is 170 Å². The number of aromatic nitrogens is 3. The number of likely N-dealkylation sites (tertiary alicyclic amines) is 1. The van der Waals surface area contributed by atoms with Gasteiger partial charge in [-0.05, 0) is 38.3 Å². The van der Waals surface area contributed by atoms with Crippen LogP contribution >= 0.6 is 0 Å². The third kappa shape index (κ3) is 3.21. The van der Waals surface area contributed by atoms with Crippen LogP contribution in [0.4, 0.5) is 0 Å². The predicted octanol–water partition coefficient (Wildman–Crippen LogP) is 3.46. The first kappa shape index (κ1) is 18.3. The average molecular weight is 390 g/mol. The monoisotopic (exact) mass is 389 g/mol. The number of nitrogens with zero attached hydrogens (tertiary/aromatic N) is 4. The predicted molar refractivity (Wildman–Crippen MR) is 113 cm³/mol. The topological polar surface area (TPSA) is 77.0 Å². The summed E-state index contributed by atoms with van der Waals surface area (Å²) < 4.78 is 1.92. The summed E-state index contributed by atoms with van der Waals surface area (Å²) in [6, 6.07) is 12.4. The zero-order chi connectivity index (χ0) is 20.1. The number of amides is 1. The number of benzene rings is 1. The third-order valence-electron chi connectivity index (χ3n) is 6.18. The molecule has 2 N–H and O–H groups in total. The van der Waals surface area contributed by atoms with Crippen LogP contribution in [0.1, 0.15) is 66.2 Å². The molecule has 29 heavy (non-hydrogen) atoms. The maximum atomic E-state index is 13.6. The van der Waals surface area contributed by atoms with Crippen molar-refractivity contribution in [1.29, 1.82) is 0 Å². The van der Waals surface area contributed by atoms with Crippen molar-refractivity contribution in [3.8, 4) is 0 Å². The zero-order valence-corrected chi connectivity index (χ0v) is 17.0. The lowest BCUT2D eigenvalue weighted by Gasteiger charge is -2.18. The molecule has 2 atom stereocenters. The average Bonchev–Trinajstić information content (AvgIpc) is 3.37. The Hall–Kier alpha value is -2.73. The van der Waals surface area contributed by atoms with Crippen LogP contribution in [0.15, 0.2) is 42.6 Å². The molecule has 1 amide bonds. The molecule has 150 valence electrons. The minimum Gasteiger partial charge on any atom is -0.336 e. The van der Waals surface area contributed by atoms with E-state index in [2.05, 4.69) is 31.1 Å². The van der Waals surface area contributed by atoms with Gasteiger partial charge in [-0.15, -0.1) is 0 Å². The fraction of sp³-hybridized carbons (Fsp3) is 0.435. The van der Waals surface area contributed by atoms with E-state index < -0.39 is 0 Å². The van der Waals surface area contributed by atoms with Crippen LogP contribution in [-0.4, -0.2) is 44.7 Å². The molecular formula is C23H27N5O. The summed E-state index contributed by atoms with van der Waals surface area (Å²) in [4.78, 5) is 20.3. The van der Waals surface area contributed by atoms with E-state index in [9.17, 15) is 4.79 Å². The summed E-state index contributed by atoms with van der Waals surface area (Å²) >= 11 is 0. The van der Waals surface area contributed by atoms with Gasteiger partial charge in [0.25, 0.3) is 5.91 Å². The summed E-state index contributed by atoms with van der Waals surface area (Å²) in [7, 11) is 0. The molecule has 1 aliphatic carbocycles. The molecule has 0 unspecified atom stereocenters. The lowest BCUT2D eigenvalue weighted by molar-refractivity contribution is 0.0791. The second-order valence-electron chi connectivity index (χ2n) is 8.68. The fourth-order valence-corrected chi connectivity index (χ4v) is 4.40. The highest BCUT2D eigenvalue weighted by molar-refractivity contribution is 6.05. The molecule has 1 aromatic carbocycles. The van der Waals surface area contributed by atoms with E-state index in [4.69, 9.17) is 10.7 Å². The van der Waals surface area contributed by atoms with Crippen LogP contribution in [0.3, 0.4) is 0 Å². The molecule has 6 nitrogen and oxygen atoms in total. The normalized spacial score (nSPS) is 22.0. The minimum atomic E-state index is -0.0556. The standard InChI is InChI=1S/C23H27N5O/c1-14(2)28-22-18(11-25-28)17(10-21(26-22)16-8-9-16)23(29)27-12-19(20(24)13-27)15-6-4-3-5-7-15/h3-7,10-11,14,16,19-20H,8-9,12-13,24H2,1-2H3/t19-,20+/m0/s1. The van der Waals surface area contributed by atoms with E-state index >= 15 is 0 Å². The SMILES string of the molecule is CC(C)n1ncc2c(C(=O)N3C[C@@H](N)[C@H](c4ccccc4)C3)cc(C3CC3)nc21. The lowest BCUT2D eigenvalue weighted by atomic mass is 9.95. The fourth-order valence-electron chi connectivity index (χ4n) is 4.40. The number of hydrogen-bond donors (Lipinski definition) is 1. The lowest BCUT2D eigenvalue weighted by Crippen LogP contribution is -2.32. The Bertz CT molecular complexity index is 1050. The molecule has 2 fully saturated rings. The first-order chi connectivity index (χ1) is 14.0. The van der Waals surface area contributed by atoms with Crippen molar-refractivity contribution >= 4 is 16.9 Å². The summed E-state index contributed by atoms with van der Waals surface area (Å²) in [6.07, 6.45) is 4.08. The van der Waals surface area contributed by atoms with Gasteiger partial charge < -0.3 is 10.6 Å². The van der Waals surface area contributed by atoms with Gasteiger partial charge in [-0.2, -0.15) is 5.10 Å².